The van der Waals surface area contributed by atoms with Crippen molar-refractivity contribution in [2.45, 2.75) is 180 Å². The zero-order valence-electron chi connectivity index (χ0n) is 50.4. The Balaban J connectivity index is 1.62. The van der Waals surface area contributed by atoms with Gasteiger partial charge in [-0.05, 0) is 88.1 Å². The number of aliphatic carboxylic acids is 1. The number of hydrogen-bond acceptors (Lipinski definition) is 19. The number of carbonyl (C=O) groups is 10. The zero-order valence-corrected chi connectivity index (χ0v) is 52.9. The topological polar surface area (TPSA) is 330 Å². The molecule has 2 heterocycles. The van der Waals surface area contributed by atoms with Crippen LogP contribution < -0.4 is 32.1 Å². The van der Waals surface area contributed by atoms with E-state index in [4.69, 9.17) is 24.3 Å². The number of carbonyl (C=O) groups excluding carboxylic acids is 9. The van der Waals surface area contributed by atoms with E-state index in [0.29, 0.717) is 48.5 Å². The van der Waals surface area contributed by atoms with Crippen LogP contribution >= 0.6 is 32.9 Å². The molecule has 24 nitrogen and oxygen atoms in total. The lowest BCUT2D eigenvalue weighted by Crippen LogP contribution is -2.59. The first-order valence-electron chi connectivity index (χ1n) is 29.3. The van der Waals surface area contributed by atoms with E-state index in [-0.39, 0.29) is 99.4 Å². The number of aromatic hydroxyl groups is 1. The van der Waals surface area contributed by atoms with Crippen LogP contribution in [0.2, 0.25) is 0 Å². The van der Waals surface area contributed by atoms with Gasteiger partial charge in [0.15, 0.2) is 0 Å². The third-order valence-corrected chi connectivity index (χ3v) is 17.9. The molecule has 0 radical (unpaired) electrons. The Labute approximate surface area is 511 Å². The largest absolute Gasteiger partial charge is 0.508 e. The summed E-state index contributed by atoms with van der Waals surface area (Å²) in [5.74, 6) is -4.15. The molecule has 0 saturated carbocycles. The summed E-state index contributed by atoms with van der Waals surface area (Å²) in [6, 6.07) is 2.10. The monoisotopic (exact) mass is 1250 g/mol. The Morgan fingerprint density at radius 3 is 2.26 bits per heavy atom. The van der Waals surface area contributed by atoms with Crippen molar-refractivity contribution in [3.8, 4) is 5.75 Å². The van der Waals surface area contributed by atoms with E-state index >= 15 is 0 Å². The maximum Gasteiger partial charge on any atom is 0.426 e. The van der Waals surface area contributed by atoms with Gasteiger partial charge in [-0.25, -0.2) is 15.2 Å². The number of hydrazine groups is 1. The molecule has 1 aromatic carbocycles. The number of phenolic OH excluding ortho intramolecular Hbond substituents is 1. The average molecular weight is 1250 g/mol. The summed E-state index contributed by atoms with van der Waals surface area (Å²) in [4.78, 5) is 136. The molecule has 3 unspecified atom stereocenters. The highest BCUT2D eigenvalue weighted by Crippen LogP contribution is 2.31. The van der Waals surface area contributed by atoms with E-state index in [0.717, 1.165) is 50.6 Å². The number of ether oxygens (including phenoxy) is 3. The fourth-order valence-electron chi connectivity index (χ4n) is 9.38. The van der Waals surface area contributed by atoms with E-state index in [9.17, 15) is 53.1 Å². The Kier molecular flexibility index (Phi) is 35.0. The summed E-state index contributed by atoms with van der Waals surface area (Å²) >= 11 is 1.24. The Bertz CT molecular complexity index is 2420. The molecule has 1 aliphatic rings. The van der Waals surface area contributed by atoms with Crippen molar-refractivity contribution >= 4 is 93.0 Å². The molecule has 476 valence electrons. The SMILES string of the molecule is CCCCCOCN(C(=O)[C@@H](NC(=O)[C@H]1CCCCN1C)C(C)CC)[C@H](C[C@@H](OC)c1nc(C(=O)N[C@@H](Cc2ccc(O)cc2)C[C@H](C)C(=O)NNC(=O)OCCSSCCC(=O)NC(CCC=O)C(=O)NC(C=O)CCC(=O)O)cs1)C(C)C. The van der Waals surface area contributed by atoms with Crippen LogP contribution in [0.3, 0.4) is 0 Å². The first kappa shape index (κ1) is 73.4. The first-order chi connectivity index (χ1) is 40.7. The van der Waals surface area contributed by atoms with Crippen molar-refractivity contribution < 1.29 is 72.4 Å². The number of aromatic nitrogens is 1. The van der Waals surface area contributed by atoms with Crippen LogP contribution in [0.5, 0.6) is 5.75 Å². The molecule has 0 aliphatic carbocycles. The highest BCUT2D eigenvalue weighted by molar-refractivity contribution is 8.76. The van der Waals surface area contributed by atoms with E-state index in [1.165, 1.54) is 45.1 Å². The van der Waals surface area contributed by atoms with Crippen LogP contribution in [-0.2, 0) is 59.0 Å². The van der Waals surface area contributed by atoms with E-state index in [2.05, 4.69) is 39.0 Å². The smallest absolute Gasteiger partial charge is 0.426 e. The minimum absolute atomic E-state index is 0.00718. The maximum absolute atomic E-state index is 14.9. The van der Waals surface area contributed by atoms with Gasteiger partial charge in [-0.2, -0.15) is 0 Å². The highest BCUT2D eigenvalue weighted by atomic mass is 33.1. The second kappa shape index (κ2) is 40.5. The molecule has 1 saturated heterocycles. The lowest BCUT2D eigenvalue weighted by molar-refractivity contribution is -0.149. The Hall–Kier alpha value is -5.87. The fraction of sp³-hybridized carbons (Fsp3) is 0.672. The number of phenols is 1. The van der Waals surface area contributed by atoms with Crippen LogP contribution in [0.1, 0.15) is 159 Å². The summed E-state index contributed by atoms with van der Waals surface area (Å²) < 4.78 is 17.5. The molecule has 0 spiro atoms. The van der Waals surface area contributed by atoms with Crippen molar-refractivity contribution in [1.29, 1.82) is 0 Å². The quantitative estimate of drug-likeness (QED) is 0.0127. The number of nitrogens with one attached hydrogen (secondary N) is 6. The number of amides is 7. The van der Waals surface area contributed by atoms with Gasteiger partial charge in [0.05, 0.1) is 12.1 Å². The minimum Gasteiger partial charge on any atom is -0.508 e. The molecule has 3 rings (SSSR count). The van der Waals surface area contributed by atoms with Crippen molar-refractivity contribution in [3.05, 3.63) is 45.9 Å². The molecular formula is C58H91N9O15S3. The van der Waals surface area contributed by atoms with Crippen LogP contribution in [-0.4, -0.2) is 173 Å². The number of thiazole rings is 1. The summed E-state index contributed by atoms with van der Waals surface area (Å²) in [6.07, 6.45) is 5.71. The van der Waals surface area contributed by atoms with Gasteiger partial charge in [-0.15, -0.1) is 11.3 Å². The van der Waals surface area contributed by atoms with Gasteiger partial charge in [0.25, 0.3) is 5.91 Å². The van der Waals surface area contributed by atoms with Crippen LogP contribution in [0.15, 0.2) is 29.6 Å². The second-order valence-corrected chi connectivity index (χ2v) is 25.2. The number of carboxylic acids is 1. The number of rotatable bonds is 41. The van der Waals surface area contributed by atoms with Crippen molar-refractivity contribution in [2.75, 3.05) is 52.2 Å². The number of methoxy groups -OCH3 is 1. The summed E-state index contributed by atoms with van der Waals surface area (Å²) in [5, 5.41) is 32.1. The number of nitrogens with zero attached hydrogens (tertiary/aromatic N) is 3. The lowest BCUT2D eigenvalue weighted by atomic mass is 9.92. The van der Waals surface area contributed by atoms with Gasteiger partial charge >= 0.3 is 12.1 Å². The third kappa shape index (κ3) is 27.2. The standard InChI is InChI=1S/C58H91N9O15S3/c1-9-11-14-27-81-36-67(57(78)51(38(5)10-2)63-55(77)46-17-12-13-25-66(46)7)47(37(3)4)33-48(80-8)56-62-45(35-83-56)54(76)60-42(32-40-18-21-43(70)22-19-40)31-39(6)52(74)64-65-58(79)82-28-30-85-84-29-24-49(71)61-44(16-15-26-68)53(75)59-41(34-69)20-23-50(72)73/h18-19,21-22,26,34-35,37-39,41-42,44,46-48,51,70H,9-17,20,23-25,27-33,36H2,1-8H3,(H,59,75)(H,60,76)(H,61,71)(H,63,77)(H,64,74)(H,65,79)(H,72,73)/t38?,39-,41?,42+,44?,46+,47+,48+,51-/m0/s1. The van der Waals surface area contributed by atoms with Gasteiger partial charge in [-0.1, -0.05) is 101 Å². The van der Waals surface area contributed by atoms with Gasteiger partial charge in [0.2, 0.25) is 29.5 Å². The van der Waals surface area contributed by atoms with Crippen LogP contribution in [0.4, 0.5) is 4.79 Å². The second-order valence-electron chi connectivity index (χ2n) is 21.6. The first-order valence-corrected chi connectivity index (χ1v) is 32.7. The molecule has 1 aliphatic heterocycles. The van der Waals surface area contributed by atoms with E-state index in [1.54, 1.807) is 36.4 Å². The minimum atomic E-state index is -1.14. The number of hydrogen-bond donors (Lipinski definition) is 8. The molecule has 2 aromatic rings. The fourth-order valence-corrected chi connectivity index (χ4v) is 12.1. The molecular weight excluding hydrogens is 1160 g/mol. The number of aldehydes is 2. The number of piperidine rings is 1. The van der Waals surface area contributed by atoms with Crippen LogP contribution in [0, 0.1) is 17.8 Å². The molecule has 85 heavy (non-hydrogen) atoms. The van der Waals surface area contributed by atoms with Gasteiger partial charge < -0.3 is 60.2 Å². The molecule has 1 aromatic heterocycles. The lowest BCUT2D eigenvalue weighted by Gasteiger charge is -2.40. The molecule has 1 fully saturated rings. The number of benzene rings is 1. The maximum atomic E-state index is 14.9. The van der Waals surface area contributed by atoms with Crippen molar-refractivity contribution in [1.82, 2.24) is 46.9 Å². The number of likely N-dealkylation sites (N-methyl/N-ethyl adjacent to an activating group) is 1. The van der Waals surface area contributed by atoms with Gasteiger partial charge in [-0.3, -0.25) is 43.9 Å². The highest BCUT2D eigenvalue weighted by Gasteiger charge is 2.39. The van der Waals surface area contributed by atoms with E-state index < -0.39 is 77.9 Å². The summed E-state index contributed by atoms with van der Waals surface area (Å²) in [5.41, 5.74) is 5.48. The number of likely N-dealkylation sites (tertiary alicyclic amines) is 1. The Morgan fingerprint density at radius 1 is 0.882 bits per heavy atom. The molecule has 8 N–H and O–H groups in total. The molecule has 9 atom stereocenters. The van der Waals surface area contributed by atoms with Gasteiger partial charge in [0, 0.05) is 74.3 Å². The number of unbranched alkanes of at least 4 members (excludes halogenated alkanes) is 2. The van der Waals surface area contributed by atoms with Crippen LogP contribution in [0.25, 0.3) is 0 Å². The normalized spacial score (nSPS) is 16.2. The van der Waals surface area contributed by atoms with Crippen molar-refractivity contribution in [2.24, 2.45) is 17.8 Å². The Morgan fingerprint density at radius 2 is 1.61 bits per heavy atom. The molecule has 7 amide bonds. The van der Waals surface area contributed by atoms with Gasteiger partial charge in [0.1, 0.15) is 60.5 Å². The predicted octanol–water partition coefficient (Wildman–Crippen LogP) is 5.87. The zero-order chi connectivity index (χ0) is 62.8. The molecule has 27 heteroatoms. The van der Waals surface area contributed by atoms with Crippen molar-refractivity contribution in [3.63, 3.8) is 0 Å². The number of carboxylic acid groups (broad SMARTS) is 1. The molecule has 0 bridgehead atoms. The summed E-state index contributed by atoms with van der Waals surface area (Å²) in [7, 11) is 6.09. The predicted molar refractivity (Wildman–Crippen MR) is 325 cm³/mol. The third-order valence-electron chi connectivity index (χ3n) is 14.6. The summed E-state index contributed by atoms with van der Waals surface area (Å²) in [6.45, 7) is 13.0. The average Bonchev–Trinajstić information content (AvgIpc) is 4.21. The van der Waals surface area contributed by atoms with E-state index in [1.807, 2.05) is 39.6 Å².